The minimum Gasteiger partial charge on any atom is -0.493 e. The molecule has 3 rings (SSSR count). The van der Waals surface area contributed by atoms with Gasteiger partial charge in [-0.25, -0.2) is 0 Å². The number of nitrogens with zero attached hydrogens (tertiary/aromatic N) is 4. The average molecular weight is 396 g/mol. The Morgan fingerprint density at radius 2 is 1.64 bits per heavy atom. The average Bonchev–Trinajstić information content (AvgIpc) is 2.72. The molecule has 0 N–H and O–H groups in total. The van der Waals surface area contributed by atoms with Crippen molar-refractivity contribution < 1.29 is 27.4 Å². The third-order valence-corrected chi connectivity index (χ3v) is 4.46. The molecule has 28 heavy (non-hydrogen) atoms. The molecule has 2 aromatic rings. The number of hydrogen-bond acceptors (Lipinski definition) is 6. The van der Waals surface area contributed by atoms with Gasteiger partial charge in [0.25, 0.3) is 0 Å². The van der Waals surface area contributed by atoms with Crippen LogP contribution in [0.4, 0.5) is 19.0 Å². The lowest BCUT2D eigenvalue weighted by molar-refractivity contribution is -0.185. The lowest BCUT2D eigenvalue weighted by Crippen LogP contribution is -2.52. The van der Waals surface area contributed by atoms with Crippen molar-refractivity contribution in [2.75, 3.05) is 45.3 Å². The monoisotopic (exact) mass is 396 g/mol. The first-order chi connectivity index (χ1) is 13.3. The zero-order valence-electron chi connectivity index (χ0n) is 15.4. The van der Waals surface area contributed by atoms with Crippen LogP contribution in [0.5, 0.6) is 11.5 Å². The van der Waals surface area contributed by atoms with Crippen LogP contribution in [-0.4, -0.2) is 67.6 Å². The van der Waals surface area contributed by atoms with E-state index in [4.69, 9.17) is 9.47 Å². The van der Waals surface area contributed by atoms with Crippen LogP contribution >= 0.6 is 0 Å². The Morgan fingerprint density at radius 1 is 0.964 bits per heavy atom. The fourth-order valence-electron chi connectivity index (χ4n) is 2.96. The van der Waals surface area contributed by atoms with Gasteiger partial charge in [0, 0.05) is 31.7 Å². The Balaban J connectivity index is 1.68. The molecule has 7 nitrogen and oxygen atoms in total. The van der Waals surface area contributed by atoms with Crippen molar-refractivity contribution in [2.24, 2.45) is 0 Å². The lowest BCUT2D eigenvalue weighted by Gasteiger charge is -2.35. The number of piperazine rings is 1. The highest BCUT2D eigenvalue weighted by Crippen LogP contribution is 2.31. The highest BCUT2D eigenvalue weighted by Gasteiger charge is 2.43. The van der Waals surface area contributed by atoms with E-state index in [1.165, 1.54) is 0 Å². The van der Waals surface area contributed by atoms with Gasteiger partial charge in [-0.05, 0) is 30.3 Å². The van der Waals surface area contributed by atoms with Crippen LogP contribution in [0.25, 0.3) is 11.3 Å². The molecule has 1 aromatic heterocycles. The number of rotatable bonds is 4. The number of hydrogen-bond donors (Lipinski definition) is 0. The third kappa shape index (κ3) is 4.10. The molecule has 2 heterocycles. The van der Waals surface area contributed by atoms with Crippen LogP contribution in [-0.2, 0) is 4.79 Å². The number of carbonyl (C=O) groups is 1. The molecule has 0 radical (unpaired) electrons. The lowest BCUT2D eigenvalue weighted by atomic mass is 10.1. The summed E-state index contributed by atoms with van der Waals surface area (Å²) in [6, 6.07) is 8.90. The van der Waals surface area contributed by atoms with Gasteiger partial charge in [-0.1, -0.05) is 0 Å². The molecule has 1 aromatic carbocycles. The zero-order chi connectivity index (χ0) is 20.3. The molecule has 150 valence electrons. The van der Waals surface area contributed by atoms with Crippen molar-refractivity contribution >= 4 is 11.7 Å². The number of alkyl halides is 3. The number of carbonyl (C=O) groups excluding carboxylic acids is 1. The van der Waals surface area contributed by atoms with Gasteiger partial charge in [-0.2, -0.15) is 13.2 Å². The second-order valence-corrected chi connectivity index (χ2v) is 6.12. The first-order valence-corrected chi connectivity index (χ1v) is 8.50. The molecule has 0 spiro atoms. The summed E-state index contributed by atoms with van der Waals surface area (Å²) in [4.78, 5) is 13.9. The molecule has 1 aliphatic rings. The minimum atomic E-state index is -4.84. The van der Waals surface area contributed by atoms with Crippen LogP contribution < -0.4 is 14.4 Å². The SMILES string of the molecule is COc1ccc(-c2ccc(N3CCN(C(=O)C(F)(F)F)CC3)nn2)cc1OC. The predicted octanol–water partition coefficient (Wildman–Crippen LogP) is 2.37. The molecule has 1 saturated heterocycles. The molecule has 1 fully saturated rings. The molecule has 1 aliphatic heterocycles. The molecule has 0 bridgehead atoms. The summed E-state index contributed by atoms with van der Waals surface area (Å²) in [5.74, 6) is -0.0937. The van der Waals surface area contributed by atoms with Crippen LogP contribution in [0, 0.1) is 0 Å². The quantitative estimate of drug-likeness (QED) is 0.791. The zero-order valence-corrected chi connectivity index (χ0v) is 15.4. The Kier molecular flexibility index (Phi) is 5.57. The highest BCUT2D eigenvalue weighted by molar-refractivity contribution is 5.82. The Labute approximate surface area is 159 Å². The van der Waals surface area contributed by atoms with E-state index in [9.17, 15) is 18.0 Å². The van der Waals surface area contributed by atoms with Crippen molar-refractivity contribution in [1.29, 1.82) is 0 Å². The van der Waals surface area contributed by atoms with E-state index in [1.54, 1.807) is 43.4 Å². The second kappa shape index (κ2) is 7.91. The number of methoxy groups -OCH3 is 2. The van der Waals surface area contributed by atoms with Gasteiger partial charge in [0.2, 0.25) is 0 Å². The molecular formula is C18H19F3N4O3. The van der Waals surface area contributed by atoms with Crippen molar-refractivity contribution in [2.45, 2.75) is 6.18 Å². The predicted molar refractivity (Wildman–Crippen MR) is 95.4 cm³/mol. The fourth-order valence-corrected chi connectivity index (χ4v) is 2.96. The summed E-state index contributed by atoms with van der Waals surface area (Å²) in [6.07, 6.45) is -4.84. The largest absolute Gasteiger partial charge is 0.493 e. The summed E-state index contributed by atoms with van der Waals surface area (Å²) >= 11 is 0. The van der Waals surface area contributed by atoms with Gasteiger partial charge in [0.05, 0.1) is 19.9 Å². The third-order valence-electron chi connectivity index (χ3n) is 4.46. The van der Waals surface area contributed by atoms with Crippen molar-refractivity contribution in [3.05, 3.63) is 30.3 Å². The minimum absolute atomic E-state index is 0.0164. The maximum absolute atomic E-state index is 12.5. The van der Waals surface area contributed by atoms with E-state index in [0.29, 0.717) is 23.0 Å². The Morgan fingerprint density at radius 3 is 2.18 bits per heavy atom. The number of anilines is 1. The number of halogens is 3. The summed E-state index contributed by atoms with van der Waals surface area (Å²) in [5.41, 5.74) is 1.41. The van der Waals surface area contributed by atoms with Gasteiger partial charge in [-0.15, -0.1) is 10.2 Å². The first kappa shape index (κ1) is 19.7. The van der Waals surface area contributed by atoms with Gasteiger partial charge in [0.15, 0.2) is 17.3 Å². The van der Waals surface area contributed by atoms with E-state index in [0.717, 1.165) is 10.5 Å². The summed E-state index contributed by atoms with van der Waals surface area (Å²) in [7, 11) is 3.09. The van der Waals surface area contributed by atoms with Gasteiger partial charge >= 0.3 is 12.1 Å². The summed E-state index contributed by atoms with van der Waals surface area (Å²) < 4.78 is 48.0. The summed E-state index contributed by atoms with van der Waals surface area (Å²) in [6.45, 7) is 0.479. The fraction of sp³-hybridized carbons (Fsp3) is 0.389. The smallest absolute Gasteiger partial charge is 0.471 e. The van der Waals surface area contributed by atoms with Crippen molar-refractivity contribution in [3.8, 4) is 22.8 Å². The van der Waals surface area contributed by atoms with Crippen LogP contribution in [0.3, 0.4) is 0 Å². The van der Waals surface area contributed by atoms with E-state index >= 15 is 0 Å². The van der Waals surface area contributed by atoms with Crippen molar-refractivity contribution in [3.63, 3.8) is 0 Å². The highest BCUT2D eigenvalue weighted by atomic mass is 19.4. The van der Waals surface area contributed by atoms with Gasteiger partial charge < -0.3 is 19.3 Å². The Bertz CT molecular complexity index is 835. The Hall–Kier alpha value is -3.04. The number of aromatic nitrogens is 2. The topological polar surface area (TPSA) is 67.8 Å². The first-order valence-electron chi connectivity index (χ1n) is 8.50. The molecule has 10 heteroatoms. The van der Waals surface area contributed by atoms with Crippen LogP contribution in [0.1, 0.15) is 0 Å². The number of amides is 1. The van der Waals surface area contributed by atoms with E-state index in [2.05, 4.69) is 10.2 Å². The molecule has 0 unspecified atom stereocenters. The van der Waals surface area contributed by atoms with E-state index < -0.39 is 12.1 Å². The van der Waals surface area contributed by atoms with Crippen molar-refractivity contribution in [1.82, 2.24) is 15.1 Å². The molecular weight excluding hydrogens is 377 g/mol. The number of benzene rings is 1. The maximum Gasteiger partial charge on any atom is 0.471 e. The second-order valence-electron chi connectivity index (χ2n) is 6.12. The molecule has 1 amide bonds. The molecule has 0 saturated carbocycles. The maximum atomic E-state index is 12.5. The van der Waals surface area contributed by atoms with E-state index in [1.807, 2.05) is 6.07 Å². The van der Waals surface area contributed by atoms with Crippen LogP contribution in [0.2, 0.25) is 0 Å². The van der Waals surface area contributed by atoms with Gasteiger partial charge in [0.1, 0.15) is 0 Å². The molecule has 0 atom stereocenters. The van der Waals surface area contributed by atoms with E-state index in [-0.39, 0.29) is 26.2 Å². The normalized spacial score (nSPS) is 14.8. The van der Waals surface area contributed by atoms with Crippen LogP contribution in [0.15, 0.2) is 30.3 Å². The molecule has 0 aliphatic carbocycles. The number of ether oxygens (including phenoxy) is 2. The standard InChI is InChI=1S/C18H19F3N4O3/c1-27-14-5-3-12(11-15(14)28-2)13-4-6-16(23-22-13)24-7-9-25(10-8-24)17(26)18(19,20)21/h3-6,11H,7-10H2,1-2H3. The summed E-state index contributed by atoms with van der Waals surface area (Å²) in [5, 5.41) is 8.37. The van der Waals surface area contributed by atoms with Gasteiger partial charge in [-0.3, -0.25) is 4.79 Å².